The van der Waals surface area contributed by atoms with E-state index < -0.39 is 0 Å². The standard InChI is InChI=1S/C26H44N4O2/c1-3-27-26(28-15-9-16-31-20-22-14-17-32-21-22)29-18-23-10-7-8-11-24(23)19-30(2)25-12-5-4-6-13-25/h7-8,10-11,22,25H,3-6,9,12-21H2,1-2H3,(H2,27,28,29). The van der Waals surface area contributed by atoms with Crippen molar-refractivity contribution in [2.45, 2.75) is 71.0 Å². The number of ether oxygens (including phenoxy) is 2. The van der Waals surface area contributed by atoms with Crippen LogP contribution in [0.1, 0.15) is 63.0 Å². The summed E-state index contributed by atoms with van der Waals surface area (Å²) < 4.78 is 11.2. The Balaban J connectivity index is 1.44. The van der Waals surface area contributed by atoms with Gasteiger partial charge in [-0.1, -0.05) is 43.5 Å². The Kier molecular flexibility index (Phi) is 11.3. The molecule has 3 rings (SSSR count). The highest BCUT2D eigenvalue weighted by Crippen LogP contribution is 2.23. The first-order valence-electron chi connectivity index (χ1n) is 12.7. The van der Waals surface area contributed by atoms with Crippen LogP contribution in [0.3, 0.4) is 0 Å². The molecular formula is C26H44N4O2. The van der Waals surface area contributed by atoms with Gasteiger partial charge in [0, 0.05) is 44.8 Å². The lowest BCUT2D eigenvalue weighted by molar-refractivity contribution is 0.0888. The van der Waals surface area contributed by atoms with Crippen LogP contribution in [0.5, 0.6) is 0 Å². The summed E-state index contributed by atoms with van der Waals surface area (Å²) in [6.07, 6.45) is 8.93. The number of hydrogen-bond donors (Lipinski definition) is 2. The summed E-state index contributed by atoms with van der Waals surface area (Å²) in [7, 11) is 2.28. The smallest absolute Gasteiger partial charge is 0.191 e. The second-order valence-corrected chi connectivity index (χ2v) is 9.26. The molecule has 6 heteroatoms. The Bertz CT molecular complexity index is 670. The van der Waals surface area contributed by atoms with Crippen molar-refractivity contribution in [2.75, 3.05) is 46.6 Å². The highest BCUT2D eigenvalue weighted by atomic mass is 16.5. The number of nitrogens with one attached hydrogen (secondary N) is 2. The molecule has 0 amide bonds. The van der Waals surface area contributed by atoms with Crippen LogP contribution >= 0.6 is 0 Å². The van der Waals surface area contributed by atoms with Gasteiger partial charge in [0.1, 0.15) is 0 Å². The van der Waals surface area contributed by atoms with Gasteiger partial charge in [0.05, 0.1) is 19.8 Å². The molecule has 1 atom stereocenters. The fourth-order valence-corrected chi connectivity index (χ4v) is 4.64. The Morgan fingerprint density at radius 1 is 1.12 bits per heavy atom. The van der Waals surface area contributed by atoms with Gasteiger partial charge in [-0.2, -0.15) is 0 Å². The zero-order valence-corrected chi connectivity index (χ0v) is 20.3. The van der Waals surface area contributed by atoms with Crippen LogP contribution < -0.4 is 10.6 Å². The molecule has 32 heavy (non-hydrogen) atoms. The first kappa shape index (κ1) is 25.0. The molecule has 1 saturated carbocycles. The van der Waals surface area contributed by atoms with Crippen molar-refractivity contribution in [2.24, 2.45) is 10.9 Å². The number of benzene rings is 1. The molecule has 6 nitrogen and oxygen atoms in total. The molecule has 0 radical (unpaired) electrons. The van der Waals surface area contributed by atoms with E-state index >= 15 is 0 Å². The molecule has 1 aliphatic carbocycles. The molecule has 2 N–H and O–H groups in total. The lowest BCUT2D eigenvalue weighted by Gasteiger charge is -2.31. The maximum absolute atomic E-state index is 5.81. The summed E-state index contributed by atoms with van der Waals surface area (Å²) in [5, 5.41) is 6.83. The van der Waals surface area contributed by atoms with Crippen molar-refractivity contribution in [3.63, 3.8) is 0 Å². The van der Waals surface area contributed by atoms with Crippen molar-refractivity contribution in [3.05, 3.63) is 35.4 Å². The molecule has 0 bridgehead atoms. The number of rotatable bonds is 12. The van der Waals surface area contributed by atoms with Gasteiger partial charge in [0.2, 0.25) is 0 Å². The second-order valence-electron chi connectivity index (χ2n) is 9.26. The van der Waals surface area contributed by atoms with E-state index in [9.17, 15) is 0 Å². The molecule has 2 fully saturated rings. The van der Waals surface area contributed by atoms with Crippen molar-refractivity contribution in [1.29, 1.82) is 0 Å². The van der Waals surface area contributed by atoms with Crippen LogP contribution in [-0.2, 0) is 22.6 Å². The van der Waals surface area contributed by atoms with Gasteiger partial charge in [0.15, 0.2) is 5.96 Å². The fourth-order valence-electron chi connectivity index (χ4n) is 4.64. The van der Waals surface area contributed by atoms with E-state index in [1.807, 2.05) is 0 Å². The van der Waals surface area contributed by atoms with Crippen molar-refractivity contribution < 1.29 is 9.47 Å². The van der Waals surface area contributed by atoms with Gasteiger partial charge >= 0.3 is 0 Å². The summed E-state index contributed by atoms with van der Waals surface area (Å²) in [5.74, 6) is 1.46. The maximum atomic E-state index is 5.81. The molecule has 0 spiro atoms. The molecule has 180 valence electrons. The van der Waals surface area contributed by atoms with E-state index in [4.69, 9.17) is 14.5 Å². The summed E-state index contributed by atoms with van der Waals surface area (Å²) >= 11 is 0. The third-order valence-corrected chi connectivity index (χ3v) is 6.62. The molecule has 1 aromatic carbocycles. The van der Waals surface area contributed by atoms with E-state index in [0.29, 0.717) is 12.5 Å². The molecule has 1 unspecified atom stereocenters. The largest absolute Gasteiger partial charge is 0.381 e. The van der Waals surface area contributed by atoms with Crippen LogP contribution in [0, 0.1) is 5.92 Å². The number of nitrogens with zero attached hydrogens (tertiary/aromatic N) is 2. The maximum Gasteiger partial charge on any atom is 0.191 e. The zero-order valence-electron chi connectivity index (χ0n) is 20.3. The quantitative estimate of drug-likeness (QED) is 0.290. The van der Waals surface area contributed by atoms with Crippen molar-refractivity contribution in [1.82, 2.24) is 15.5 Å². The van der Waals surface area contributed by atoms with Gasteiger partial charge in [-0.15, -0.1) is 0 Å². The Hall–Kier alpha value is -1.63. The minimum Gasteiger partial charge on any atom is -0.381 e. The average Bonchev–Trinajstić information content (AvgIpc) is 3.34. The van der Waals surface area contributed by atoms with Crippen LogP contribution in [0.25, 0.3) is 0 Å². The Morgan fingerprint density at radius 2 is 1.94 bits per heavy atom. The van der Waals surface area contributed by atoms with E-state index in [0.717, 1.165) is 70.9 Å². The lowest BCUT2D eigenvalue weighted by Crippen LogP contribution is -2.38. The molecular weight excluding hydrogens is 400 g/mol. The second kappa shape index (κ2) is 14.5. The topological polar surface area (TPSA) is 58.1 Å². The van der Waals surface area contributed by atoms with Crippen LogP contribution in [0.15, 0.2) is 29.3 Å². The van der Waals surface area contributed by atoms with Crippen LogP contribution in [0.2, 0.25) is 0 Å². The van der Waals surface area contributed by atoms with Gasteiger partial charge in [-0.05, 0) is 50.8 Å². The summed E-state index contributed by atoms with van der Waals surface area (Å²) in [5.41, 5.74) is 2.71. The van der Waals surface area contributed by atoms with Crippen LogP contribution in [0.4, 0.5) is 0 Å². The third-order valence-electron chi connectivity index (χ3n) is 6.62. The van der Waals surface area contributed by atoms with E-state index in [1.165, 1.54) is 43.2 Å². The Labute approximate surface area is 195 Å². The minimum absolute atomic E-state index is 0.582. The number of aliphatic imine (C=N–C) groups is 1. The first-order chi connectivity index (χ1) is 15.8. The predicted molar refractivity (Wildman–Crippen MR) is 132 cm³/mol. The zero-order chi connectivity index (χ0) is 22.4. The molecule has 1 heterocycles. The first-order valence-corrected chi connectivity index (χ1v) is 12.7. The highest BCUT2D eigenvalue weighted by molar-refractivity contribution is 5.79. The van der Waals surface area contributed by atoms with Crippen molar-refractivity contribution >= 4 is 5.96 Å². The monoisotopic (exact) mass is 444 g/mol. The van der Waals surface area contributed by atoms with Gasteiger partial charge < -0.3 is 20.1 Å². The van der Waals surface area contributed by atoms with E-state index in [2.05, 4.69) is 53.8 Å². The van der Waals surface area contributed by atoms with Crippen LogP contribution in [-0.4, -0.2) is 63.5 Å². The molecule has 2 aliphatic rings. The highest BCUT2D eigenvalue weighted by Gasteiger charge is 2.19. The lowest BCUT2D eigenvalue weighted by atomic mass is 9.94. The normalized spacial score (nSPS) is 20.1. The Morgan fingerprint density at radius 3 is 2.69 bits per heavy atom. The summed E-state index contributed by atoms with van der Waals surface area (Å²) in [6.45, 7) is 8.86. The summed E-state index contributed by atoms with van der Waals surface area (Å²) in [6, 6.07) is 9.48. The van der Waals surface area contributed by atoms with Gasteiger partial charge in [-0.3, -0.25) is 4.90 Å². The predicted octanol–water partition coefficient (Wildman–Crippen LogP) is 3.95. The average molecular weight is 445 g/mol. The fraction of sp³-hybridized carbons (Fsp3) is 0.731. The van der Waals surface area contributed by atoms with Gasteiger partial charge in [0.25, 0.3) is 0 Å². The molecule has 1 aliphatic heterocycles. The number of guanidine groups is 1. The molecule has 1 aromatic rings. The van der Waals surface area contributed by atoms with Gasteiger partial charge in [-0.25, -0.2) is 4.99 Å². The SMILES string of the molecule is CCNC(=NCc1ccccc1CN(C)C1CCCCC1)NCCCOCC1CCOC1. The van der Waals surface area contributed by atoms with Crippen molar-refractivity contribution in [3.8, 4) is 0 Å². The van der Waals surface area contributed by atoms with E-state index in [-0.39, 0.29) is 0 Å². The number of hydrogen-bond acceptors (Lipinski definition) is 4. The molecule has 1 saturated heterocycles. The summed E-state index contributed by atoms with van der Waals surface area (Å²) in [4.78, 5) is 7.41. The third kappa shape index (κ3) is 8.72. The minimum atomic E-state index is 0.582. The molecule has 0 aromatic heterocycles. The van der Waals surface area contributed by atoms with E-state index in [1.54, 1.807) is 0 Å².